The molecule has 10 heteroatoms. The van der Waals surface area contributed by atoms with Gasteiger partial charge in [-0.25, -0.2) is 9.78 Å². The Morgan fingerprint density at radius 2 is 1.83 bits per heavy atom. The van der Waals surface area contributed by atoms with E-state index in [0.29, 0.717) is 32.4 Å². The van der Waals surface area contributed by atoms with Crippen LogP contribution in [0.15, 0.2) is 59.7 Å². The highest BCUT2D eigenvalue weighted by Crippen LogP contribution is 2.33. The third-order valence-electron chi connectivity index (χ3n) is 5.08. The number of rotatable bonds is 6. The minimum atomic E-state index is -0.663. The second-order valence-corrected chi connectivity index (χ2v) is 10.3. The zero-order chi connectivity index (χ0) is 26.0. The molecule has 0 fully saturated rings. The first-order chi connectivity index (χ1) is 17.1. The van der Waals surface area contributed by atoms with Crippen LogP contribution in [0, 0.1) is 0 Å². The van der Waals surface area contributed by atoms with Gasteiger partial charge in [-0.2, -0.15) is 0 Å². The van der Waals surface area contributed by atoms with E-state index in [-0.39, 0.29) is 12.1 Å². The van der Waals surface area contributed by atoms with Crippen LogP contribution in [0.3, 0.4) is 0 Å². The minimum absolute atomic E-state index is 0.204. The molecule has 2 aromatic carbocycles. The van der Waals surface area contributed by atoms with Gasteiger partial charge >= 0.3 is 6.09 Å². The van der Waals surface area contributed by atoms with Gasteiger partial charge in [0.1, 0.15) is 16.6 Å². The number of halogens is 1. The number of carbonyl (C=O) groups is 1. The predicted molar refractivity (Wildman–Crippen MR) is 141 cm³/mol. The number of hydrogen-bond acceptors (Lipinski definition) is 7. The Kier molecular flexibility index (Phi) is 7.23. The standard InChI is InChI=1S/C26H26ClN3O5S/c1-6-30(25(32)34-26(2,3)4)35-20-12-11-18(13-21(20)33-5)29-15-28-19-14-22(36-23(19)24(29)31)16-7-9-17(27)10-8-16/h7-15H,6H2,1-5H3. The highest BCUT2D eigenvalue weighted by Gasteiger charge is 2.24. The Morgan fingerprint density at radius 1 is 1.11 bits per heavy atom. The molecule has 0 N–H and O–H groups in total. The highest BCUT2D eigenvalue weighted by atomic mass is 35.5. The second-order valence-electron chi connectivity index (χ2n) is 8.85. The fourth-order valence-corrected chi connectivity index (χ4v) is 4.57. The Hall–Kier alpha value is -3.56. The smallest absolute Gasteiger partial charge is 0.443 e. The van der Waals surface area contributed by atoms with E-state index in [9.17, 15) is 9.59 Å². The maximum atomic E-state index is 13.3. The Labute approximate surface area is 217 Å². The molecule has 1 amide bonds. The van der Waals surface area contributed by atoms with Gasteiger partial charge in [0.2, 0.25) is 0 Å². The SMILES string of the molecule is CCN(Oc1ccc(-n2cnc3cc(-c4ccc(Cl)cc4)sc3c2=O)cc1OC)C(=O)OC(C)(C)C. The molecule has 0 aliphatic carbocycles. The summed E-state index contributed by atoms with van der Waals surface area (Å²) in [7, 11) is 1.48. The van der Waals surface area contributed by atoms with Gasteiger partial charge < -0.3 is 14.3 Å². The van der Waals surface area contributed by atoms with Gasteiger partial charge in [0.05, 0.1) is 24.9 Å². The molecular formula is C26H26ClN3O5S. The molecule has 2 aromatic heterocycles. The number of thiophene rings is 1. The lowest BCUT2D eigenvalue weighted by molar-refractivity contribution is -0.0703. The second kappa shape index (κ2) is 10.2. The van der Waals surface area contributed by atoms with Gasteiger partial charge in [0.25, 0.3) is 5.56 Å². The van der Waals surface area contributed by atoms with Crippen LogP contribution in [0.25, 0.3) is 26.3 Å². The third-order valence-corrected chi connectivity index (χ3v) is 6.50. The lowest BCUT2D eigenvalue weighted by atomic mass is 10.2. The molecular weight excluding hydrogens is 502 g/mol. The average molecular weight is 528 g/mol. The van der Waals surface area contributed by atoms with Gasteiger partial charge in [-0.1, -0.05) is 23.7 Å². The summed E-state index contributed by atoms with van der Waals surface area (Å²) in [5.74, 6) is 0.645. The van der Waals surface area contributed by atoms with Crippen molar-refractivity contribution in [2.24, 2.45) is 0 Å². The summed E-state index contributed by atoms with van der Waals surface area (Å²) in [6.07, 6.45) is 0.869. The van der Waals surface area contributed by atoms with Crippen LogP contribution in [0.5, 0.6) is 11.5 Å². The third kappa shape index (κ3) is 5.47. The molecule has 4 rings (SSSR count). The first kappa shape index (κ1) is 25.5. The van der Waals surface area contributed by atoms with Crippen molar-refractivity contribution in [2.45, 2.75) is 33.3 Å². The molecule has 8 nitrogen and oxygen atoms in total. The number of hydrogen-bond donors (Lipinski definition) is 0. The van der Waals surface area contributed by atoms with E-state index in [2.05, 4.69) is 4.98 Å². The van der Waals surface area contributed by atoms with Crippen molar-refractivity contribution in [3.05, 3.63) is 70.2 Å². The summed E-state index contributed by atoms with van der Waals surface area (Å²) in [5, 5.41) is 1.75. The molecule has 0 bridgehead atoms. The largest absolute Gasteiger partial charge is 0.493 e. The summed E-state index contributed by atoms with van der Waals surface area (Å²) >= 11 is 7.37. The molecule has 4 aromatic rings. The van der Waals surface area contributed by atoms with E-state index < -0.39 is 11.7 Å². The number of nitrogens with zero attached hydrogens (tertiary/aromatic N) is 3. The zero-order valence-corrected chi connectivity index (χ0v) is 22.1. The average Bonchev–Trinajstić information content (AvgIpc) is 3.27. The fourth-order valence-electron chi connectivity index (χ4n) is 3.40. The van der Waals surface area contributed by atoms with Crippen LogP contribution in [-0.4, -0.2) is 40.0 Å². The molecule has 188 valence electrons. The Balaban J connectivity index is 1.65. The predicted octanol–water partition coefficient (Wildman–Crippen LogP) is 6.33. The maximum Gasteiger partial charge on any atom is 0.443 e. The van der Waals surface area contributed by atoms with E-state index in [4.69, 9.17) is 25.9 Å². The molecule has 0 radical (unpaired) electrons. The zero-order valence-electron chi connectivity index (χ0n) is 20.6. The first-order valence-electron chi connectivity index (χ1n) is 11.2. The van der Waals surface area contributed by atoms with Gasteiger partial charge in [-0.3, -0.25) is 9.36 Å². The molecule has 0 saturated carbocycles. The number of aromatic nitrogens is 2. The van der Waals surface area contributed by atoms with E-state index in [1.54, 1.807) is 45.9 Å². The van der Waals surface area contributed by atoms with Crippen LogP contribution >= 0.6 is 22.9 Å². The number of carbonyl (C=O) groups excluding carboxylic acids is 1. The van der Waals surface area contributed by atoms with Crippen LogP contribution in [0.2, 0.25) is 5.02 Å². The number of hydroxylamine groups is 2. The molecule has 0 saturated heterocycles. The topological polar surface area (TPSA) is 82.9 Å². The maximum absolute atomic E-state index is 13.3. The van der Waals surface area contributed by atoms with Crippen LogP contribution in [-0.2, 0) is 4.74 Å². The van der Waals surface area contributed by atoms with Crippen molar-refractivity contribution in [3.63, 3.8) is 0 Å². The van der Waals surface area contributed by atoms with Crippen LogP contribution in [0.1, 0.15) is 27.7 Å². The fraction of sp³-hybridized carbons (Fsp3) is 0.269. The molecule has 0 atom stereocenters. The minimum Gasteiger partial charge on any atom is -0.493 e. The highest BCUT2D eigenvalue weighted by molar-refractivity contribution is 7.22. The van der Waals surface area contributed by atoms with Gasteiger partial charge in [0.15, 0.2) is 11.5 Å². The summed E-state index contributed by atoms with van der Waals surface area (Å²) in [6.45, 7) is 7.37. The van der Waals surface area contributed by atoms with Gasteiger partial charge in [0, 0.05) is 16.0 Å². The molecule has 36 heavy (non-hydrogen) atoms. The van der Waals surface area contributed by atoms with E-state index in [0.717, 1.165) is 15.5 Å². The van der Waals surface area contributed by atoms with Crippen molar-refractivity contribution >= 4 is 39.2 Å². The van der Waals surface area contributed by atoms with E-state index >= 15 is 0 Å². The first-order valence-corrected chi connectivity index (χ1v) is 12.4. The summed E-state index contributed by atoms with van der Waals surface area (Å²) < 4.78 is 12.9. The molecule has 0 unspecified atom stereocenters. The normalized spacial score (nSPS) is 11.4. The number of benzene rings is 2. The molecule has 0 aliphatic rings. The monoisotopic (exact) mass is 527 g/mol. The summed E-state index contributed by atoms with van der Waals surface area (Å²) in [5.41, 5.74) is 1.25. The molecule has 2 heterocycles. The Bertz CT molecular complexity index is 1460. The number of methoxy groups -OCH3 is 1. The molecule has 0 spiro atoms. The number of amides is 1. The van der Waals surface area contributed by atoms with E-state index in [1.807, 2.05) is 30.3 Å². The van der Waals surface area contributed by atoms with Gasteiger partial charge in [-0.05, 0) is 63.6 Å². The summed E-state index contributed by atoms with van der Waals surface area (Å²) in [6, 6.07) is 14.3. The van der Waals surface area contributed by atoms with Crippen LogP contribution in [0.4, 0.5) is 4.79 Å². The number of ether oxygens (including phenoxy) is 2. The summed E-state index contributed by atoms with van der Waals surface area (Å²) in [4.78, 5) is 37.0. The number of fused-ring (bicyclic) bond motifs is 1. The van der Waals surface area contributed by atoms with Crippen LogP contribution < -0.4 is 15.1 Å². The van der Waals surface area contributed by atoms with Crippen molar-refractivity contribution in [1.29, 1.82) is 0 Å². The van der Waals surface area contributed by atoms with Gasteiger partial charge in [-0.15, -0.1) is 16.4 Å². The van der Waals surface area contributed by atoms with Crippen molar-refractivity contribution in [2.75, 3.05) is 13.7 Å². The van der Waals surface area contributed by atoms with E-state index in [1.165, 1.54) is 29.3 Å². The molecule has 0 aliphatic heterocycles. The Morgan fingerprint density at radius 3 is 2.47 bits per heavy atom. The quantitative estimate of drug-likeness (QED) is 0.273. The van der Waals surface area contributed by atoms with Crippen molar-refractivity contribution in [3.8, 4) is 27.6 Å². The lowest BCUT2D eigenvalue weighted by Gasteiger charge is -2.26. The lowest BCUT2D eigenvalue weighted by Crippen LogP contribution is -2.39. The van der Waals surface area contributed by atoms with Crippen molar-refractivity contribution < 1.29 is 19.1 Å². The van der Waals surface area contributed by atoms with Crippen molar-refractivity contribution in [1.82, 2.24) is 14.6 Å².